The molecule has 2 aliphatic heterocycles. The highest BCUT2D eigenvalue weighted by molar-refractivity contribution is 8.03. The van der Waals surface area contributed by atoms with E-state index in [0.717, 1.165) is 67.3 Å². The molecule has 2 aliphatic carbocycles. The van der Waals surface area contributed by atoms with E-state index in [1.807, 2.05) is 59.2 Å². The lowest BCUT2D eigenvalue weighted by molar-refractivity contribution is -0.126. The first kappa shape index (κ1) is 39.3. The maximum atomic E-state index is 13.4. The third-order valence-corrected chi connectivity index (χ3v) is 10.3. The number of allylic oxidation sites excluding steroid dienone is 4. The second-order valence-electron chi connectivity index (χ2n) is 12.9. The highest BCUT2D eigenvalue weighted by Crippen LogP contribution is 2.38. The van der Waals surface area contributed by atoms with E-state index >= 15 is 0 Å². The first-order valence-electron chi connectivity index (χ1n) is 18.2. The Balaban J connectivity index is 0.00000286. The Bertz CT molecular complexity index is 1660. The number of hydrogen-bond acceptors (Lipinski definition) is 9. The zero-order valence-corrected chi connectivity index (χ0v) is 32.1. The quantitative estimate of drug-likeness (QED) is 0.0903. The van der Waals surface area contributed by atoms with Crippen LogP contribution in [0.3, 0.4) is 0 Å². The van der Waals surface area contributed by atoms with Crippen molar-refractivity contribution in [2.75, 3.05) is 39.6 Å². The van der Waals surface area contributed by atoms with Crippen LogP contribution in [0.2, 0.25) is 0 Å². The Morgan fingerprint density at radius 3 is 2.55 bits per heavy atom. The van der Waals surface area contributed by atoms with Crippen molar-refractivity contribution in [1.29, 1.82) is 5.41 Å². The molecule has 0 aromatic heterocycles. The van der Waals surface area contributed by atoms with Crippen LogP contribution in [0.15, 0.2) is 69.1 Å². The standard InChI is InChI=1S/C37H50N8O3S.C2H6/c1-6-7-11-26-20-42-31(49-26)21-45(4)37(47)28-17-15-25(19-41-28)32-22(2)12-16-27(35(32)48-5)43-29(18-30(38)44-36(46)24-13-14-24)33(39)34(40-3)23-9-8-10-23;1-2/h12,15-18,20,24,31,39-43H,6-11,13-14,19,21H2,1-5H3,(H2,38,44,46);1-2H3/b29-18+,39-33?;. The number of unbranched alkanes of at least 4 members (excludes halogenated alkanes) is 1. The van der Waals surface area contributed by atoms with Gasteiger partial charge in [0, 0.05) is 49.3 Å². The molecule has 7 N–H and O–H groups in total. The van der Waals surface area contributed by atoms with E-state index < -0.39 is 0 Å². The lowest BCUT2D eigenvalue weighted by atomic mass is 9.88. The summed E-state index contributed by atoms with van der Waals surface area (Å²) in [6.07, 6.45) is 15.4. The SMILES string of the molecule is CC.CCCCC1=CNC(CN(C)C(=O)C2=CC=C(c3c(C)ccc(N/C(=C/C(N)=NC(=O)C4CC4)C(=N)C(NC)=C4CCC4)c3OC)CN2)S1. The largest absolute Gasteiger partial charge is 0.494 e. The fourth-order valence-electron chi connectivity index (χ4n) is 6.01. The van der Waals surface area contributed by atoms with Crippen molar-refractivity contribution >= 4 is 46.4 Å². The van der Waals surface area contributed by atoms with Crippen molar-refractivity contribution in [3.05, 3.63) is 75.3 Å². The van der Waals surface area contributed by atoms with Crippen LogP contribution in [0.25, 0.3) is 5.57 Å². The Hall–Kier alpha value is -4.45. The van der Waals surface area contributed by atoms with Gasteiger partial charge in [0.2, 0.25) is 0 Å². The zero-order chi connectivity index (χ0) is 37.1. The van der Waals surface area contributed by atoms with E-state index in [1.165, 1.54) is 16.9 Å². The Kier molecular flexibility index (Phi) is 14.4. The number of amides is 2. The highest BCUT2D eigenvalue weighted by Gasteiger charge is 2.30. The van der Waals surface area contributed by atoms with Crippen LogP contribution in [-0.4, -0.2) is 67.9 Å². The van der Waals surface area contributed by atoms with Gasteiger partial charge in [-0.3, -0.25) is 15.0 Å². The Morgan fingerprint density at radius 2 is 1.96 bits per heavy atom. The van der Waals surface area contributed by atoms with Crippen LogP contribution < -0.4 is 31.7 Å². The van der Waals surface area contributed by atoms with Crippen molar-refractivity contribution in [1.82, 2.24) is 20.9 Å². The van der Waals surface area contributed by atoms with E-state index in [4.69, 9.17) is 15.9 Å². The topological polar surface area (TPSA) is 157 Å². The normalized spacial score (nSPS) is 18.4. The lowest BCUT2D eigenvalue weighted by Crippen LogP contribution is -2.40. The number of nitrogens with one attached hydrogen (secondary N) is 5. The summed E-state index contributed by atoms with van der Waals surface area (Å²) in [5.41, 5.74) is 12.8. The molecule has 4 aliphatic rings. The van der Waals surface area contributed by atoms with E-state index in [2.05, 4.69) is 39.4 Å². The third kappa shape index (κ3) is 10.1. The maximum absolute atomic E-state index is 13.4. The number of aryl methyl sites for hydroxylation is 1. The average molecular weight is 717 g/mol. The van der Waals surface area contributed by atoms with Crippen LogP contribution in [0.1, 0.15) is 83.3 Å². The number of nitrogens with two attached hydrogens (primary N) is 1. The average Bonchev–Trinajstić information content (AvgIpc) is 3.88. The maximum Gasteiger partial charge on any atom is 0.269 e. The summed E-state index contributed by atoms with van der Waals surface area (Å²) in [4.78, 5) is 33.0. The van der Waals surface area contributed by atoms with E-state index in [9.17, 15) is 9.59 Å². The molecule has 2 amide bonds. The molecular formula is C39H56N8O3S. The first-order valence-corrected chi connectivity index (χ1v) is 19.1. The van der Waals surface area contributed by atoms with Crippen LogP contribution >= 0.6 is 11.8 Å². The van der Waals surface area contributed by atoms with Gasteiger partial charge in [0.15, 0.2) is 0 Å². The number of likely N-dealkylation sites (N-methyl/N-ethyl adjacent to an activating group) is 1. The molecule has 276 valence electrons. The van der Waals surface area contributed by atoms with Crippen molar-refractivity contribution in [3.63, 3.8) is 0 Å². The number of hydrogen-bond donors (Lipinski definition) is 6. The number of aliphatic imine (C=N–C) groups is 1. The second kappa shape index (κ2) is 18.7. The molecule has 1 atom stereocenters. The molecule has 0 saturated heterocycles. The van der Waals surface area contributed by atoms with Crippen LogP contribution in [0, 0.1) is 18.3 Å². The number of amidine groups is 1. The molecule has 12 heteroatoms. The van der Waals surface area contributed by atoms with Crippen LogP contribution in [-0.2, 0) is 9.59 Å². The zero-order valence-electron chi connectivity index (χ0n) is 31.3. The molecule has 1 aromatic carbocycles. The van der Waals surface area contributed by atoms with Crippen molar-refractivity contribution < 1.29 is 14.3 Å². The molecule has 5 rings (SSSR count). The fourth-order valence-corrected chi connectivity index (χ4v) is 7.21. The van der Waals surface area contributed by atoms with E-state index in [0.29, 0.717) is 35.9 Å². The number of ether oxygens (including phenoxy) is 1. The summed E-state index contributed by atoms with van der Waals surface area (Å²) in [6.45, 7) is 9.23. The molecule has 2 fully saturated rings. The monoisotopic (exact) mass is 716 g/mol. The van der Waals surface area contributed by atoms with Gasteiger partial charge in [-0.05, 0) is 80.7 Å². The summed E-state index contributed by atoms with van der Waals surface area (Å²) < 4.78 is 6.00. The highest BCUT2D eigenvalue weighted by atomic mass is 32.2. The molecule has 1 unspecified atom stereocenters. The van der Waals surface area contributed by atoms with Gasteiger partial charge < -0.3 is 36.6 Å². The number of thioether (sulfide) groups is 1. The summed E-state index contributed by atoms with van der Waals surface area (Å²) in [7, 11) is 5.26. The minimum absolute atomic E-state index is 0.0477. The minimum atomic E-state index is -0.225. The third-order valence-electron chi connectivity index (χ3n) is 9.14. The van der Waals surface area contributed by atoms with Crippen molar-refractivity contribution in [3.8, 4) is 5.75 Å². The molecule has 0 spiro atoms. The summed E-state index contributed by atoms with van der Waals surface area (Å²) >= 11 is 1.80. The molecule has 0 bridgehead atoms. The van der Waals surface area contributed by atoms with Gasteiger partial charge >= 0.3 is 0 Å². The Morgan fingerprint density at radius 1 is 1.22 bits per heavy atom. The summed E-state index contributed by atoms with van der Waals surface area (Å²) in [6, 6.07) is 3.90. The van der Waals surface area contributed by atoms with E-state index in [1.54, 1.807) is 29.8 Å². The van der Waals surface area contributed by atoms with E-state index in [-0.39, 0.29) is 34.7 Å². The number of carbonyl (C=O) groups is 2. The van der Waals surface area contributed by atoms with Gasteiger partial charge in [-0.2, -0.15) is 4.99 Å². The second-order valence-corrected chi connectivity index (χ2v) is 14.3. The van der Waals surface area contributed by atoms with Crippen molar-refractivity contribution in [2.45, 2.75) is 84.4 Å². The number of methoxy groups -OCH3 is 1. The number of nitrogens with zero attached hydrogens (tertiary/aromatic N) is 2. The summed E-state index contributed by atoms with van der Waals surface area (Å²) in [5.74, 6) is 0.297. The smallest absolute Gasteiger partial charge is 0.269 e. The molecule has 1 aromatic rings. The van der Waals surface area contributed by atoms with Gasteiger partial charge in [0.1, 0.15) is 23.0 Å². The van der Waals surface area contributed by atoms with Gasteiger partial charge in [-0.15, -0.1) is 11.8 Å². The predicted molar refractivity (Wildman–Crippen MR) is 212 cm³/mol. The molecule has 2 heterocycles. The molecule has 0 radical (unpaired) electrons. The van der Waals surface area contributed by atoms with Gasteiger partial charge in [0.25, 0.3) is 11.8 Å². The number of benzene rings is 1. The van der Waals surface area contributed by atoms with Gasteiger partial charge in [0.05, 0.1) is 36.1 Å². The van der Waals surface area contributed by atoms with Gasteiger partial charge in [-0.25, -0.2) is 0 Å². The minimum Gasteiger partial charge on any atom is -0.494 e. The number of dihydropyridines is 1. The van der Waals surface area contributed by atoms with Crippen LogP contribution in [0.5, 0.6) is 5.75 Å². The van der Waals surface area contributed by atoms with Crippen LogP contribution in [0.4, 0.5) is 5.69 Å². The lowest BCUT2D eigenvalue weighted by Gasteiger charge is -2.26. The van der Waals surface area contributed by atoms with Gasteiger partial charge in [-0.1, -0.05) is 39.3 Å². The fraction of sp³-hybridized carbons (Fsp3) is 0.487. The molecular weight excluding hydrogens is 661 g/mol. The number of rotatable bonds is 15. The number of anilines is 1. The summed E-state index contributed by atoms with van der Waals surface area (Å²) in [5, 5.41) is 22.6. The molecule has 51 heavy (non-hydrogen) atoms. The first-order chi connectivity index (χ1) is 24.6. The molecule has 2 saturated carbocycles. The number of carbonyl (C=O) groups excluding carboxylic acids is 2. The van der Waals surface area contributed by atoms with Crippen molar-refractivity contribution in [2.24, 2.45) is 16.6 Å². The predicted octanol–water partition coefficient (Wildman–Crippen LogP) is 6.32. The Labute approximate surface area is 307 Å². The molecule has 11 nitrogen and oxygen atoms in total.